The molecule has 0 fully saturated rings. The van der Waals surface area contributed by atoms with Gasteiger partial charge in [0, 0.05) is 8.95 Å². The molecule has 0 aliphatic heterocycles. The number of primary sulfonamides is 1. The number of carbonyl (C=O) groups excluding carboxylic acids is 2. The van der Waals surface area contributed by atoms with E-state index in [9.17, 15) is 18.0 Å². The minimum atomic E-state index is -4.18. The Morgan fingerprint density at radius 2 is 1.68 bits per heavy atom. The van der Waals surface area contributed by atoms with Crippen molar-refractivity contribution in [3.05, 3.63) is 54.4 Å². The van der Waals surface area contributed by atoms with Crippen molar-refractivity contribution >= 4 is 82.6 Å². The van der Waals surface area contributed by atoms with Gasteiger partial charge in [0.15, 0.2) is 6.61 Å². The molecule has 7 nitrogen and oxygen atoms in total. The summed E-state index contributed by atoms with van der Waals surface area (Å²) < 4.78 is 29.2. The van der Waals surface area contributed by atoms with Crippen molar-refractivity contribution in [1.82, 2.24) is 0 Å². The maximum Gasteiger partial charge on any atom is 0.340 e. The van der Waals surface area contributed by atoms with Crippen LogP contribution in [0.25, 0.3) is 0 Å². The number of rotatable bonds is 5. The monoisotopic (exact) mass is 572 g/mol. The number of ether oxygens (including phenoxy) is 1. The molecule has 150 valence electrons. The van der Waals surface area contributed by atoms with Crippen LogP contribution in [-0.4, -0.2) is 26.9 Å². The van der Waals surface area contributed by atoms with Crippen molar-refractivity contribution in [3.63, 3.8) is 0 Å². The van der Waals surface area contributed by atoms with Gasteiger partial charge >= 0.3 is 5.97 Å². The zero-order valence-electron chi connectivity index (χ0n) is 14.1. The summed E-state index contributed by atoms with van der Waals surface area (Å²) in [6.45, 7) is 1.25. The lowest BCUT2D eigenvalue weighted by Gasteiger charge is -2.12. The number of hydrogen-bond acceptors (Lipinski definition) is 5. The number of nitrogens with two attached hydrogens (primary N) is 1. The maximum atomic E-state index is 12.2. The molecular formula is C16H12Br2Cl2N2O5S. The summed E-state index contributed by atoms with van der Waals surface area (Å²) in [5.41, 5.74) is 1.14. The van der Waals surface area contributed by atoms with Crippen molar-refractivity contribution in [3.8, 4) is 0 Å². The maximum absolute atomic E-state index is 12.2. The Kier molecular flexibility index (Phi) is 7.51. The van der Waals surface area contributed by atoms with Crippen LogP contribution < -0.4 is 10.5 Å². The number of nitrogens with one attached hydrogen (secondary N) is 1. The van der Waals surface area contributed by atoms with Crippen LogP contribution in [0.1, 0.15) is 15.9 Å². The lowest BCUT2D eigenvalue weighted by Crippen LogP contribution is -2.22. The molecule has 0 unspecified atom stereocenters. The minimum Gasteiger partial charge on any atom is -0.452 e. The van der Waals surface area contributed by atoms with Gasteiger partial charge in [-0.05, 0) is 68.6 Å². The predicted molar refractivity (Wildman–Crippen MR) is 113 cm³/mol. The fourth-order valence-corrected chi connectivity index (χ4v) is 5.12. The van der Waals surface area contributed by atoms with Gasteiger partial charge in [-0.2, -0.15) is 0 Å². The smallest absolute Gasteiger partial charge is 0.340 e. The Morgan fingerprint density at radius 3 is 2.21 bits per heavy atom. The highest BCUT2D eigenvalue weighted by Crippen LogP contribution is 2.32. The minimum absolute atomic E-state index is 0.146. The van der Waals surface area contributed by atoms with Crippen molar-refractivity contribution in [1.29, 1.82) is 0 Å². The van der Waals surface area contributed by atoms with Gasteiger partial charge in [-0.1, -0.05) is 23.2 Å². The van der Waals surface area contributed by atoms with Crippen LogP contribution >= 0.6 is 55.1 Å². The summed E-state index contributed by atoms with van der Waals surface area (Å²) in [7, 11) is -4.18. The van der Waals surface area contributed by atoms with E-state index in [1.165, 1.54) is 0 Å². The van der Waals surface area contributed by atoms with E-state index in [1.54, 1.807) is 12.1 Å². The average molecular weight is 575 g/mol. The van der Waals surface area contributed by atoms with Crippen LogP contribution in [0.4, 0.5) is 5.69 Å². The molecule has 1 amide bonds. The Bertz CT molecular complexity index is 1050. The van der Waals surface area contributed by atoms with Gasteiger partial charge in [-0.15, -0.1) is 0 Å². The van der Waals surface area contributed by atoms with E-state index in [4.69, 9.17) is 33.1 Å². The van der Waals surface area contributed by atoms with E-state index in [2.05, 4.69) is 37.2 Å². The topological polar surface area (TPSA) is 116 Å². The number of halogens is 4. The van der Waals surface area contributed by atoms with E-state index < -0.39 is 33.4 Å². The molecule has 12 heteroatoms. The van der Waals surface area contributed by atoms with Gasteiger partial charge in [0.05, 0.1) is 21.3 Å². The quantitative estimate of drug-likeness (QED) is 0.518. The fourth-order valence-electron chi connectivity index (χ4n) is 2.11. The Hall–Kier alpha value is -1.17. The second-order valence-electron chi connectivity index (χ2n) is 5.54. The van der Waals surface area contributed by atoms with Gasteiger partial charge < -0.3 is 10.1 Å². The highest BCUT2D eigenvalue weighted by Gasteiger charge is 2.21. The van der Waals surface area contributed by atoms with E-state index in [-0.39, 0.29) is 15.6 Å². The van der Waals surface area contributed by atoms with E-state index in [0.29, 0.717) is 14.6 Å². The fraction of sp³-hybridized carbons (Fsp3) is 0.125. The zero-order chi connectivity index (χ0) is 21.2. The summed E-state index contributed by atoms with van der Waals surface area (Å²) in [6, 6.07) is 5.55. The van der Waals surface area contributed by atoms with E-state index in [0.717, 1.165) is 17.7 Å². The average Bonchev–Trinajstić information content (AvgIpc) is 2.54. The number of carbonyl (C=O) groups is 2. The van der Waals surface area contributed by atoms with Crippen molar-refractivity contribution in [2.45, 2.75) is 11.8 Å². The molecule has 0 heterocycles. The molecule has 0 saturated heterocycles. The van der Waals surface area contributed by atoms with Crippen LogP contribution in [0.2, 0.25) is 10.0 Å². The SMILES string of the molecule is Cc1cc(Br)c(NC(=O)COC(=O)c2cc(S(N)(=O)=O)c(Cl)cc2Cl)c(Br)c1. The third-order valence-electron chi connectivity index (χ3n) is 3.33. The molecule has 0 saturated carbocycles. The number of hydrogen-bond donors (Lipinski definition) is 2. The first-order valence-electron chi connectivity index (χ1n) is 7.34. The first-order chi connectivity index (χ1) is 12.9. The number of anilines is 1. The molecule has 0 spiro atoms. The van der Waals surface area contributed by atoms with E-state index >= 15 is 0 Å². The highest BCUT2D eigenvalue weighted by atomic mass is 79.9. The van der Waals surface area contributed by atoms with Crippen LogP contribution in [0, 0.1) is 6.92 Å². The molecule has 28 heavy (non-hydrogen) atoms. The van der Waals surface area contributed by atoms with Crippen molar-refractivity contribution < 1.29 is 22.7 Å². The molecule has 0 aliphatic carbocycles. The second-order valence-corrected chi connectivity index (χ2v) is 9.59. The van der Waals surface area contributed by atoms with Crippen LogP contribution in [-0.2, 0) is 19.6 Å². The number of esters is 1. The molecule has 2 rings (SSSR count). The first kappa shape index (κ1) is 23.1. The lowest BCUT2D eigenvalue weighted by molar-refractivity contribution is -0.119. The lowest BCUT2D eigenvalue weighted by atomic mass is 10.2. The molecule has 0 aliphatic rings. The zero-order valence-corrected chi connectivity index (χ0v) is 19.6. The molecule has 2 aromatic rings. The normalized spacial score (nSPS) is 11.2. The molecule has 3 N–H and O–H groups in total. The first-order valence-corrected chi connectivity index (χ1v) is 11.2. The van der Waals surface area contributed by atoms with Crippen LogP contribution in [0.5, 0.6) is 0 Å². The summed E-state index contributed by atoms with van der Waals surface area (Å²) in [6.07, 6.45) is 0. The van der Waals surface area contributed by atoms with Gasteiger partial charge in [-0.25, -0.2) is 18.4 Å². The van der Waals surface area contributed by atoms with E-state index in [1.807, 2.05) is 6.92 Å². The second kappa shape index (κ2) is 9.10. The Labute approximate surface area is 187 Å². The summed E-state index contributed by atoms with van der Waals surface area (Å²) in [4.78, 5) is 23.8. The molecular weight excluding hydrogens is 563 g/mol. The van der Waals surface area contributed by atoms with Gasteiger partial charge in [0.2, 0.25) is 10.0 Å². The molecule has 2 aromatic carbocycles. The summed E-state index contributed by atoms with van der Waals surface area (Å²) in [5, 5.41) is 7.25. The Balaban J connectivity index is 2.14. The summed E-state index contributed by atoms with van der Waals surface area (Å²) >= 11 is 18.4. The van der Waals surface area contributed by atoms with Gasteiger partial charge in [0.1, 0.15) is 4.90 Å². The number of benzene rings is 2. The molecule has 0 aromatic heterocycles. The molecule has 0 radical (unpaired) electrons. The number of amides is 1. The van der Waals surface area contributed by atoms with Crippen molar-refractivity contribution in [2.75, 3.05) is 11.9 Å². The number of aryl methyl sites for hydroxylation is 1. The Morgan fingerprint density at radius 1 is 1.11 bits per heavy atom. The van der Waals surface area contributed by atoms with Crippen molar-refractivity contribution in [2.24, 2.45) is 5.14 Å². The van der Waals surface area contributed by atoms with Crippen LogP contribution in [0.15, 0.2) is 38.1 Å². The highest BCUT2D eigenvalue weighted by molar-refractivity contribution is 9.11. The van der Waals surface area contributed by atoms with Gasteiger partial charge in [-0.3, -0.25) is 4.79 Å². The molecule has 0 bridgehead atoms. The third kappa shape index (κ3) is 5.68. The van der Waals surface area contributed by atoms with Crippen LogP contribution in [0.3, 0.4) is 0 Å². The summed E-state index contributed by atoms with van der Waals surface area (Å²) in [5.74, 6) is -1.63. The third-order valence-corrected chi connectivity index (χ3v) is 6.27. The number of sulfonamides is 1. The largest absolute Gasteiger partial charge is 0.452 e. The molecule has 0 atom stereocenters. The predicted octanol–water partition coefficient (Wildman–Crippen LogP) is 4.27. The standard InChI is InChI=1S/C16H12Br2Cl2N2O5S/c1-7-2-9(17)15(10(18)3-7)22-14(23)6-27-16(24)8-4-13(28(21,25)26)12(20)5-11(8)19/h2-5H,6H2,1H3,(H,22,23)(H2,21,25,26). The van der Waals surface area contributed by atoms with Gasteiger partial charge in [0.25, 0.3) is 5.91 Å².